The Morgan fingerprint density at radius 1 is 1.25 bits per heavy atom. The Morgan fingerprint density at radius 3 is 2.62 bits per heavy atom. The van der Waals surface area contributed by atoms with E-state index in [-0.39, 0.29) is 0 Å². The number of carbonyl (C=O) groups excluding carboxylic acids is 1. The molecule has 0 fully saturated rings. The maximum Gasteiger partial charge on any atom is 0.125 e. The van der Waals surface area contributed by atoms with Gasteiger partial charge in [0.1, 0.15) is 12.0 Å². The third-order valence-electron chi connectivity index (χ3n) is 2.42. The first-order chi connectivity index (χ1) is 7.85. The summed E-state index contributed by atoms with van der Waals surface area (Å²) in [6, 6.07) is 9.92. The van der Waals surface area contributed by atoms with Crippen molar-refractivity contribution in [1.29, 1.82) is 0 Å². The topological polar surface area (TPSA) is 26.3 Å². The van der Waals surface area contributed by atoms with Gasteiger partial charge in [-0.25, -0.2) is 0 Å². The molecule has 1 aromatic heterocycles. The van der Waals surface area contributed by atoms with E-state index in [1.54, 1.807) is 18.4 Å². The third kappa shape index (κ3) is 2.14. The largest absolute Gasteiger partial charge is 0.497 e. The van der Waals surface area contributed by atoms with E-state index in [9.17, 15) is 4.79 Å². The summed E-state index contributed by atoms with van der Waals surface area (Å²) in [4.78, 5) is 11.7. The van der Waals surface area contributed by atoms with Crippen LogP contribution in [0.5, 0.6) is 5.75 Å². The average Bonchev–Trinajstić information content (AvgIpc) is 2.78. The highest BCUT2D eigenvalue weighted by Gasteiger charge is 2.06. The summed E-state index contributed by atoms with van der Waals surface area (Å²) in [6.45, 7) is 0. The number of carbonyl (C=O) groups is 1. The summed E-state index contributed by atoms with van der Waals surface area (Å²) in [5.41, 5.74) is 2.26. The van der Waals surface area contributed by atoms with Crippen molar-refractivity contribution in [2.75, 3.05) is 7.11 Å². The highest BCUT2D eigenvalue weighted by atomic mass is 32.1. The Bertz CT molecular complexity index is 471. The van der Waals surface area contributed by atoms with Crippen molar-refractivity contribution in [2.24, 2.45) is 0 Å². The summed E-state index contributed by atoms with van der Waals surface area (Å²) < 4.78 is 5.11. The lowest BCUT2D eigenvalue weighted by molar-refractivity contribution is -0.107. The zero-order chi connectivity index (χ0) is 11.4. The van der Waals surface area contributed by atoms with E-state index in [2.05, 4.69) is 0 Å². The zero-order valence-corrected chi connectivity index (χ0v) is 9.79. The molecular formula is C13H12O2S. The number of benzene rings is 1. The summed E-state index contributed by atoms with van der Waals surface area (Å²) in [6.07, 6.45) is 1.43. The lowest BCUT2D eigenvalue weighted by Crippen LogP contribution is -1.86. The second-order valence-electron chi connectivity index (χ2n) is 3.36. The van der Waals surface area contributed by atoms with Gasteiger partial charge in [0.05, 0.1) is 7.11 Å². The molecule has 0 aliphatic heterocycles. The number of ether oxygens (including phenoxy) is 1. The molecule has 0 saturated heterocycles. The molecule has 0 bridgehead atoms. The molecule has 2 aromatic rings. The molecule has 2 rings (SSSR count). The van der Waals surface area contributed by atoms with Gasteiger partial charge in [-0.15, -0.1) is 11.3 Å². The smallest absolute Gasteiger partial charge is 0.125 e. The molecule has 2 nitrogen and oxygen atoms in total. The van der Waals surface area contributed by atoms with Crippen LogP contribution in [0.4, 0.5) is 0 Å². The van der Waals surface area contributed by atoms with Gasteiger partial charge in [-0.2, -0.15) is 0 Å². The first kappa shape index (κ1) is 10.9. The second kappa shape index (κ2) is 4.94. The van der Waals surface area contributed by atoms with Gasteiger partial charge >= 0.3 is 0 Å². The third-order valence-corrected chi connectivity index (χ3v) is 3.36. The number of rotatable bonds is 4. The molecule has 0 N–H and O–H groups in total. The molecular weight excluding hydrogens is 220 g/mol. The highest BCUT2D eigenvalue weighted by Crippen LogP contribution is 2.29. The van der Waals surface area contributed by atoms with Crippen LogP contribution in [0.3, 0.4) is 0 Å². The molecule has 0 amide bonds. The van der Waals surface area contributed by atoms with Gasteiger partial charge in [0.15, 0.2) is 0 Å². The van der Waals surface area contributed by atoms with E-state index in [1.807, 2.05) is 35.7 Å². The number of hydrogen-bond donors (Lipinski definition) is 0. The van der Waals surface area contributed by atoms with Crippen LogP contribution in [0.25, 0.3) is 11.1 Å². The fraction of sp³-hybridized carbons (Fsp3) is 0.154. The zero-order valence-electron chi connectivity index (χ0n) is 8.97. The van der Waals surface area contributed by atoms with Gasteiger partial charge in [0.2, 0.25) is 0 Å². The standard InChI is InChI=1S/C13H12O2S/c1-15-11-4-2-10(3-5-11)12-7-9-16-13(12)6-8-14/h2-5,7-9H,6H2,1H3. The van der Waals surface area contributed by atoms with Gasteiger partial charge in [-0.05, 0) is 34.7 Å². The van der Waals surface area contributed by atoms with Crippen molar-refractivity contribution < 1.29 is 9.53 Å². The van der Waals surface area contributed by atoms with Crippen molar-refractivity contribution in [3.63, 3.8) is 0 Å². The lowest BCUT2D eigenvalue weighted by Gasteiger charge is -2.03. The van der Waals surface area contributed by atoms with Gasteiger partial charge in [0, 0.05) is 11.3 Å². The maximum atomic E-state index is 10.5. The molecule has 82 valence electrons. The Labute approximate surface area is 98.5 Å². The predicted molar refractivity (Wildman–Crippen MR) is 66.1 cm³/mol. The van der Waals surface area contributed by atoms with E-state index in [0.29, 0.717) is 6.42 Å². The van der Waals surface area contributed by atoms with Crippen LogP contribution in [-0.4, -0.2) is 13.4 Å². The Morgan fingerprint density at radius 2 is 2.00 bits per heavy atom. The van der Waals surface area contributed by atoms with E-state index < -0.39 is 0 Å². The minimum Gasteiger partial charge on any atom is -0.497 e. The van der Waals surface area contributed by atoms with Gasteiger partial charge < -0.3 is 9.53 Å². The lowest BCUT2D eigenvalue weighted by atomic mass is 10.1. The van der Waals surface area contributed by atoms with E-state index >= 15 is 0 Å². The second-order valence-corrected chi connectivity index (χ2v) is 4.36. The van der Waals surface area contributed by atoms with Crippen molar-refractivity contribution in [1.82, 2.24) is 0 Å². The van der Waals surface area contributed by atoms with Gasteiger partial charge in [-0.1, -0.05) is 12.1 Å². The van der Waals surface area contributed by atoms with Crippen LogP contribution in [0.15, 0.2) is 35.7 Å². The SMILES string of the molecule is COc1ccc(-c2ccsc2CC=O)cc1. The normalized spacial score (nSPS) is 10.1. The molecule has 0 radical (unpaired) electrons. The molecule has 0 aliphatic carbocycles. The highest BCUT2D eigenvalue weighted by molar-refractivity contribution is 7.10. The van der Waals surface area contributed by atoms with Crippen molar-refractivity contribution in [3.05, 3.63) is 40.6 Å². The van der Waals surface area contributed by atoms with Crippen LogP contribution < -0.4 is 4.74 Å². The number of aldehydes is 1. The Kier molecular flexibility index (Phi) is 3.37. The minimum atomic E-state index is 0.485. The molecule has 0 aliphatic rings. The molecule has 0 spiro atoms. The maximum absolute atomic E-state index is 10.5. The van der Waals surface area contributed by atoms with E-state index in [4.69, 9.17) is 4.74 Å². The van der Waals surface area contributed by atoms with E-state index in [0.717, 1.165) is 28.0 Å². The molecule has 3 heteroatoms. The van der Waals surface area contributed by atoms with Crippen molar-refractivity contribution in [2.45, 2.75) is 6.42 Å². The predicted octanol–water partition coefficient (Wildman–Crippen LogP) is 3.17. The Hall–Kier alpha value is -1.61. The molecule has 0 atom stereocenters. The quantitative estimate of drug-likeness (QED) is 0.757. The molecule has 1 aromatic carbocycles. The van der Waals surface area contributed by atoms with Crippen LogP contribution in [-0.2, 0) is 11.2 Å². The molecule has 0 unspecified atom stereocenters. The van der Waals surface area contributed by atoms with Crippen LogP contribution >= 0.6 is 11.3 Å². The van der Waals surface area contributed by atoms with Gasteiger partial charge in [-0.3, -0.25) is 0 Å². The van der Waals surface area contributed by atoms with Crippen molar-refractivity contribution in [3.8, 4) is 16.9 Å². The molecule has 0 saturated carbocycles. The number of methoxy groups -OCH3 is 1. The monoisotopic (exact) mass is 232 g/mol. The van der Waals surface area contributed by atoms with Crippen LogP contribution in [0, 0.1) is 0 Å². The number of hydrogen-bond acceptors (Lipinski definition) is 3. The van der Waals surface area contributed by atoms with E-state index in [1.165, 1.54) is 0 Å². The van der Waals surface area contributed by atoms with Gasteiger partial charge in [0.25, 0.3) is 0 Å². The first-order valence-corrected chi connectivity index (χ1v) is 5.87. The minimum absolute atomic E-state index is 0.485. The summed E-state index contributed by atoms with van der Waals surface area (Å²) in [5.74, 6) is 0.843. The molecule has 16 heavy (non-hydrogen) atoms. The molecule has 1 heterocycles. The number of thiophene rings is 1. The summed E-state index contributed by atoms with van der Waals surface area (Å²) in [5, 5.41) is 2.01. The summed E-state index contributed by atoms with van der Waals surface area (Å²) in [7, 11) is 1.65. The summed E-state index contributed by atoms with van der Waals surface area (Å²) >= 11 is 1.62. The fourth-order valence-corrected chi connectivity index (χ4v) is 2.45. The Balaban J connectivity index is 2.34. The first-order valence-electron chi connectivity index (χ1n) is 4.99. The van der Waals surface area contributed by atoms with Crippen LogP contribution in [0.2, 0.25) is 0 Å². The van der Waals surface area contributed by atoms with Crippen LogP contribution in [0.1, 0.15) is 4.88 Å². The average molecular weight is 232 g/mol. The van der Waals surface area contributed by atoms with Crippen molar-refractivity contribution >= 4 is 17.6 Å². The fourth-order valence-electron chi connectivity index (χ4n) is 1.60.